The van der Waals surface area contributed by atoms with Gasteiger partial charge in [-0.2, -0.15) is 13.2 Å². The first-order valence-corrected chi connectivity index (χ1v) is 12.8. The lowest BCUT2D eigenvalue weighted by Gasteiger charge is -2.27. The van der Waals surface area contributed by atoms with Crippen molar-refractivity contribution >= 4 is 23.6 Å². The van der Waals surface area contributed by atoms with E-state index in [0.717, 1.165) is 17.7 Å². The third-order valence-corrected chi connectivity index (χ3v) is 5.41. The van der Waals surface area contributed by atoms with Gasteiger partial charge in [0.15, 0.2) is 11.4 Å². The van der Waals surface area contributed by atoms with Gasteiger partial charge in [-0.25, -0.2) is 23.4 Å². The number of halogens is 5. The van der Waals surface area contributed by atoms with E-state index < -0.39 is 46.9 Å². The molecule has 3 N–H and O–H groups in total. The van der Waals surface area contributed by atoms with E-state index in [4.69, 9.17) is 19.4 Å². The molecule has 2 aromatic heterocycles. The average Bonchev–Trinajstić information content (AvgIpc) is 3.16. The molecule has 0 aliphatic carbocycles. The predicted molar refractivity (Wildman–Crippen MR) is 145 cm³/mol. The number of aromatic nitrogens is 2. The number of carboxylic acids is 1. The molecule has 236 valence electrons. The highest BCUT2D eigenvalue weighted by atomic mass is 19.4. The number of aryl methyl sites for hydroxylation is 2. The third kappa shape index (κ3) is 10.1. The van der Waals surface area contributed by atoms with Gasteiger partial charge in [0.25, 0.3) is 5.91 Å². The van der Waals surface area contributed by atoms with Gasteiger partial charge in [0.05, 0.1) is 16.8 Å². The summed E-state index contributed by atoms with van der Waals surface area (Å²) >= 11 is 0. The van der Waals surface area contributed by atoms with Crippen LogP contribution in [0, 0.1) is 25.5 Å². The molecule has 43 heavy (non-hydrogen) atoms. The number of hydrogen-bond acceptors (Lipinski definition) is 6. The van der Waals surface area contributed by atoms with Gasteiger partial charge in [-0.3, -0.25) is 9.20 Å². The molecule has 0 bridgehead atoms. The quantitative estimate of drug-likeness (QED) is 0.300. The molecule has 0 aliphatic heterocycles. The molecule has 15 heteroatoms. The lowest BCUT2D eigenvalue weighted by molar-refractivity contribution is -0.192. The molecule has 1 aromatic carbocycles. The Balaban J connectivity index is 0.000000821. The van der Waals surface area contributed by atoms with Crippen molar-refractivity contribution in [2.45, 2.75) is 72.4 Å². The fourth-order valence-corrected chi connectivity index (χ4v) is 3.58. The number of benzene rings is 1. The molecule has 0 saturated heterocycles. The van der Waals surface area contributed by atoms with E-state index in [2.05, 4.69) is 15.6 Å². The number of hydrogen-bond donors (Lipinski definition) is 3. The number of nitrogens with zero attached hydrogens (tertiary/aromatic N) is 2. The Labute approximate surface area is 244 Å². The number of alkyl halides is 3. The van der Waals surface area contributed by atoms with Crippen molar-refractivity contribution in [3.8, 4) is 5.75 Å². The van der Waals surface area contributed by atoms with Gasteiger partial charge in [-0.05, 0) is 72.2 Å². The number of ether oxygens (including phenoxy) is 2. The zero-order chi connectivity index (χ0) is 32.9. The highest BCUT2D eigenvalue weighted by Crippen LogP contribution is 2.26. The average molecular weight is 617 g/mol. The normalized spacial score (nSPS) is 11.8. The Bertz CT molecular complexity index is 1480. The number of rotatable bonds is 7. The maximum atomic E-state index is 14.0. The van der Waals surface area contributed by atoms with Crippen LogP contribution in [0.3, 0.4) is 0 Å². The smallest absolute Gasteiger partial charge is 0.485 e. The molecule has 2 amide bonds. The van der Waals surface area contributed by atoms with Gasteiger partial charge < -0.3 is 25.2 Å². The minimum Gasteiger partial charge on any atom is -0.485 e. The summed E-state index contributed by atoms with van der Waals surface area (Å²) < 4.78 is 72.4. The lowest BCUT2D eigenvalue weighted by atomic mass is 10.1. The first-order valence-electron chi connectivity index (χ1n) is 12.8. The number of carbonyl (C=O) groups is 3. The molecule has 10 nitrogen and oxygen atoms in total. The van der Waals surface area contributed by atoms with Gasteiger partial charge in [-0.1, -0.05) is 6.07 Å². The second-order valence-electron chi connectivity index (χ2n) is 11.1. The number of alkyl carbamates (subject to hydrolysis) is 1. The molecular weight excluding hydrogens is 583 g/mol. The predicted octanol–water partition coefficient (Wildman–Crippen LogP) is 5.47. The Hall–Kier alpha value is -4.43. The van der Waals surface area contributed by atoms with Crippen LogP contribution in [0.4, 0.5) is 26.7 Å². The fourth-order valence-electron chi connectivity index (χ4n) is 3.58. The summed E-state index contributed by atoms with van der Waals surface area (Å²) in [5.41, 5.74) is 0.166. The number of aliphatic carboxylic acids is 1. The largest absolute Gasteiger partial charge is 0.490 e. The van der Waals surface area contributed by atoms with E-state index in [1.807, 2.05) is 6.92 Å². The van der Waals surface area contributed by atoms with E-state index >= 15 is 0 Å². The molecule has 0 aliphatic rings. The molecule has 0 saturated carbocycles. The van der Waals surface area contributed by atoms with E-state index in [9.17, 15) is 31.5 Å². The Morgan fingerprint density at radius 3 is 2.09 bits per heavy atom. The van der Waals surface area contributed by atoms with Crippen molar-refractivity contribution in [1.82, 2.24) is 20.0 Å². The second-order valence-corrected chi connectivity index (χ2v) is 11.1. The van der Waals surface area contributed by atoms with E-state index in [0.29, 0.717) is 11.3 Å². The Kier molecular flexibility index (Phi) is 10.7. The molecule has 0 unspecified atom stereocenters. The van der Waals surface area contributed by atoms with Crippen LogP contribution in [-0.2, 0) is 16.1 Å². The van der Waals surface area contributed by atoms with E-state index in [-0.39, 0.29) is 30.2 Å². The van der Waals surface area contributed by atoms with Gasteiger partial charge in [-0.15, -0.1) is 0 Å². The van der Waals surface area contributed by atoms with Gasteiger partial charge in [0, 0.05) is 12.7 Å². The van der Waals surface area contributed by atoms with Crippen LogP contribution in [-0.4, -0.2) is 56.3 Å². The molecule has 3 rings (SSSR count). The highest BCUT2D eigenvalue weighted by Gasteiger charge is 2.38. The maximum absolute atomic E-state index is 14.0. The van der Waals surface area contributed by atoms with Crippen molar-refractivity contribution in [2.24, 2.45) is 0 Å². The zero-order valence-corrected chi connectivity index (χ0v) is 24.6. The summed E-state index contributed by atoms with van der Waals surface area (Å²) in [5.74, 6) is -4.30. The number of fused-ring (bicyclic) bond motifs is 1. The van der Waals surface area contributed by atoms with Crippen LogP contribution >= 0.6 is 0 Å². The van der Waals surface area contributed by atoms with Gasteiger partial charge in [0.1, 0.15) is 29.5 Å². The van der Waals surface area contributed by atoms with Crippen molar-refractivity contribution in [2.75, 3.05) is 6.54 Å². The summed E-state index contributed by atoms with van der Waals surface area (Å²) in [6.07, 6.45) is -3.94. The number of pyridine rings is 1. The van der Waals surface area contributed by atoms with Crippen LogP contribution in [0.15, 0.2) is 30.5 Å². The lowest BCUT2D eigenvalue weighted by Crippen LogP contribution is -2.52. The maximum Gasteiger partial charge on any atom is 0.490 e. The van der Waals surface area contributed by atoms with Crippen LogP contribution < -0.4 is 15.4 Å². The molecule has 0 fully saturated rings. The highest BCUT2D eigenvalue weighted by molar-refractivity contribution is 5.95. The Morgan fingerprint density at radius 2 is 1.58 bits per heavy atom. The monoisotopic (exact) mass is 616 g/mol. The van der Waals surface area contributed by atoms with Gasteiger partial charge >= 0.3 is 18.2 Å². The van der Waals surface area contributed by atoms with Crippen molar-refractivity contribution in [1.29, 1.82) is 0 Å². The first kappa shape index (κ1) is 34.8. The molecule has 0 radical (unpaired) electrons. The number of imidazole rings is 1. The minimum absolute atomic E-state index is 0.130. The van der Waals surface area contributed by atoms with Crippen molar-refractivity contribution in [3.63, 3.8) is 0 Å². The van der Waals surface area contributed by atoms with Crippen molar-refractivity contribution in [3.05, 3.63) is 64.6 Å². The molecule has 3 aromatic rings. The van der Waals surface area contributed by atoms with Crippen molar-refractivity contribution < 1.29 is 50.9 Å². The van der Waals surface area contributed by atoms with Crippen LogP contribution in [0.25, 0.3) is 5.65 Å². The van der Waals surface area contributed by atoms with Crippen LogP contribution in [0.1, 0.15) is 61.9 Å². The standard InChI is InChI=1S/C26H32F2N4O4.C2HF3O2/c1-15-11-20(35-13-17-18(27)9-8-10-19(17)28)22-30-16(2)21(32(22)12-15)23(33)31-26(6,7)14-29-24(34)36-25(3,4)5;3-2(4,5)1(6)7/h8-12H,13-14H2,1-7H3,(H,29,34)(H,31,33);(H,6,7). The summed E-state index contributed by atoms with van der Waals surface area (Å²) in [4.78, 5) is 38.6. The molecule has 0 atom stereocenters. The summed E-state index contributed by atoms with van der Waals surface area (Å²) in [6.45, 7) is 12.1. The summed E-state index contributed by atoms with van der Waals surface area (Å²) in [7, 11) is 0. The summed E-state index contributed by atoms with van der Waals surface area (Å²) in [5, 5.41) is 12.7. The SMILES string of the molecule is Cc1cc(OCc2c(F)cccc2F)c2nc(C)c(C(=O)NC(C)(C)CNC(=O)OC(C)(C)C)n2c1.O=C(O)C(F)(F)F. The molecule has 0 spiro atoms. The molecule has 2 heterocycles. The summed E-state index contributed by atoms with van der Waals surface area (Å²) in [6, 6.07) is 5.30. The minimum atomic E-state index is -5.08. The topological polar surface area (TPSA) is 131 Å². The van der Waals surface area contributed by atoms with E-state index in [1.165, 1.54) is 6.07 Å². The number of carboxylic acid groups (broad SMARTS) is 1. The second kappa shape index (κ2) is 13.3. The van der Waals surface area contributed by atoms with E-state index in [1.54, 1.807) is 58.2 Å². The third-order valence-electron chi connectivity index (χ3n) is 5.41. The van der Waals surface area contributed by atoms with Crippen LogP contribution in [0.5, 0.6) is 5.75 Å². The van der Waals surface area contributed by atoms with Gasteiger partial charge in [0.2, 0.25) is 0 Å². The number of amides is 2. The number of nitrogens with one attached hydrogen (secondary N) is 2. The zero-order valence-electron chi connectivity index (χ0n) is 24.6. The van der Waals surface area contributed by atoms with Crippen LogP contribution in [0.2, 0.25) is 0 Å². The molecular formula is C28H33F5N4O6. The Morgan fingerprint density at radius 1 is 1.02 bits per heavy atom. The number of carbonyl (C=O) groups excluding carboxylic acids is 2. The first-order chi connectivity index (χ1) is 19.6. The fraction of sp³-hybridized carbons (Fsp3) is 0.429.